The molecule has 0 aliphatic carbocycles. The fraction of sp³-hybridized carbons (Fsp3) is 0.667. The van der Waals surface area contributed by atoms with Gasteiger partial charge in [0.2, 0.25) is 0 Å². The number of hydrogen-bond acceptors (Lipinski definition) is 3. The number of hydrogen-bond donors (Lipinski definition) is 1. The van der Waals surface area contributed by atoms with Gasteiger partial charge in [-0.3, -0.25) is 4.68 Å². The van der Waals surface area contributed by atoms with Gasteiger partial charge in [0.05, 0.1) is 18.5 Å². The number of aliphatic hydroxyl groups is 1. The lowest BCUT2D eigenvalue weighted by Crippen LogP contribution is -2.05. The Morgan fingerprint density at radius 1 is 1.80 bits per heavy atom. The molecule has 0 aromatic carbocycles. The van der Waals surface area contributed by atoms with E-state index in [0.717, 1.165) is 5.69 Å². The molecule has 0 aliphatic rings. The van der Waals surface area contributed by atoms with Crippen LogP contribution in [0.25, 0.3) is 0 Å². The maximum Gasteiger partial charge on any atom is 0.0728 e. The molecule has 56 valence electrons. The minimum atomic E-state index is 0.125. The van der Waals surface area contributed by atoms with Crippen molar-refractivity contribution in [2.24, 2.45) is 7.05 Å². The smallest absolute Gasteiger partial charge is 0.0728 e. The molecule has 1 atom stereocenters. The maximum absolute atomic E-state index is 8.76. The summed E-state index contributed by atoms with van der Waals surface area (Å²) in [5.41, 5.74) is 0.961. The number of aryl methyl sites for hydroxylation is 1. The fourth-order valence-corrected chi connectivity index (χ4v) is 0.837. The third kappa shape index (κ3) is 1.16. The first-order chi connectivity index (χ1) is 4.75. The lowest BCUT2D eigenvalue weighted by Gasteiger charge is -2.05. The second-order valence-corrected chi connectivity index (χ2v) is 2.37. The number of aliphatic hydroxyl groups excluding tert-OH is 1. The molecule has 1 unspecified atom stereocenters. The largest absolute Gasteiger partial charge is 0.396 e. The molecule has 0 amide bonds. The average molecular weight is 141 g/mol. The van der Waals surface area contributed by atoms with Gasteiger partial charge in [0, 0.05) is 13.0 Å². The van der Waals surface area contributed by atoms with Crippen molar-refractivity contribution in [1.29, 1.82) is 0 Å². The highest BCUT2D eigenvalue weighted by atomic mass is 16.3. The van der Waals surface area contributed by atoms with Gasteiger partial charge in [-0.1, -0.05) is 12.1 Å². The summed E-state index contributed by atoms with van der Waals surface area (Å²) >= 11 is 0. The van der Waals surface area contributed by atoms with E-state index in [-0.39, 0.29) is 12.5 Å². The molecule has 0 saturated heterocycles. The molecular weight excluding hydrogens is 130 g/mol. The molecule has 1 heterocycles. The minimum Gasteiger partial charge on any atom is -0.396 e. The summed E-state index contributed by atoms with van der Waals surface area (Å²) in [7, 11) is 1.81. The third-order valence-electron chi connectivity index (χ3n) is 1.53. The highest BCUT2D eigenvalue weighted by Gasteiger charge is 2.07. The zero-order valence-electron chi connectivity index (χ0n) is 6.15. The van der Waals surface area contributed by atoms with E-state index in [0.29, 0.717) is 0 Å². The van der Waals surface area contributed by atoms with Crippen molar-refractivity contribution in [3.63, 3.8) is 0 Å². The van der Waals surface area contributed by atoms with Crippen LogP contribution in [0.4, 0.5) is 0 Å². The van der Waals surface area contributed by atoms with Crippen LogP contribution >= 0.6 is 0 Å². The molecule has 0 saturated carbocycles. The van der Waals surface area contributed by atoms with E-state index in [4.69, 9.17) is 5.11 Å². The van der Waals surface area contributed by atoms with Gasteiger partial charge < -0.3 is 5.11 Å². The Kier molecular flexibility index (Phi) is 2.01. The molecule has 0 spiro atoms. The monoisotopic (exact) mass is 141 g/mol. The van der Waals surface area contributed by atoms with E-state index >= 15 is 0 Å². The van der Waals surface area contributed by atoms with Crippen molar-refractivity contribution in [2.75, 3.05) is 6.61 Å². The second kappa shape index (κ2) is 2.79. The molecule has 0 fully saturated rings. The van der Waals surface area contributed by atoms with E-state index in [1.165, 1.54) is 0 Å². The molecule has 1 aromatic heterocycles. The zero-order valence-corrected chi connectivity index (χ0v) is 6.15. The maximum atomic E-state index is 8.76. The molecule has 10 heavy (non-hydrogen) atoms. The van der Waals surface area contributed by atoms with E-state index in [1.807, 2.05) is 14.0 Å². The van der Waals surface area contributed by atoms with E-state index in [9.17, 15) is 0 Å². The summed E-state index contributed by atoms with van der Waals surface area (Å²) in [6.45, 7) is 2.07. The Bertz CT molecular complexity index is 209. The van der Waals surface area contributed by atoms with Crippen LogP contribution in [0.2, 0.25) is 0 Å². The molecular formula is C6H11N3O. The van der Waals surface area contributed by atoms with Crippen LogP contribution in [0.3, 0.4) is 0 Å². The van der Waals surface area contributed by atoms with Crippen LogP contribution in [-0.2, 0) is 7.05 Å². The molecule has 1 aromatic rings. The van der Waals surface area contributed by atoms with Gasteiger partial charge in [-0.05, 0) is 0 Å². The van der Waals surface area contributed by atoms with Crippen molar-refractivity contribution in [3.8, 4) is 0 Å². The van der Waals surface area contributed by atoms with Crippen molar-refractivity contribution >= 4 is 0 Å². The molecule has 1 N–H and O–H groups in total. The van der Waals surface area contributed by atoms with Crippen LogP contribution in [0, 0.1) is 0 Å². The normalized spacial score (nSPS) is 13.5. The summed E-state index contributed by atoms with van der Waals surface area (Å²) in [6.07, 6.45) is 1.67. The minimum absolute atomic E-state index is 0.125. The summed E-state index contributed by atoms with van der Waals surface area (Å²) in [6, 6.07) is 0. The Morgan fingerprint density at radius 3 is 2.90 bits per heavy atom. The van der Waals surface area contributed by atoms with Gasteiger partial charge in [0.25, 0.3) is 0 Å². The number of aromatic nitrogens is 3. The summed E-state index contributed by atoms with van der Waals surface area (Å²) in [4.78, 5) is 0. The van der Waals surface area contributed by atoms with Crippen molar-refractivity contribution in [2.45, 2.75) is 12.8 Å². The predicted molar refractivity (Wildman–Crippen MR) is 36.5 cm³/mol. The van der Waals surface area contributed by atoms with Gasteiger partial charge in [0.15, 0.2) is 0 Å². The van der Waals surface area contributed by atoms with Crippen LogP contribution in [0.1, 0.15) is 18.5 Å². The molecule has 1 rings (SSSR count). The molecule has 0 radical (unpaired) electrons. The van der Waals surface area contributed by atoms with Crippen LogP contribution in [0.5, 0.6) is 0 Å². The average Bonchev–Trinajstić information content (AvgIpc) is 2.34. The molecule has 4 heteroatoms. The highest BCUT2D eigenvalue weighted by molar-refractivity contribution is 5.00. The summed E-state index contributed by atoms with van der Waals surface area (Å²) < 4.78 is 1.67. The van der Waals surface area contributed by atoms with E-state index in [2.05, 4.69) is 10.3 Å². The Hall–Kier alpha value is -0.900. The predicted octanol–water partition coefficient (Wildman–Crippen LogP) is -0.0891. The Labute approximate surface area is 59.5 Å². The first-order valence-corrected chi connectivity index (χ1v) is 3.21. The fourth-order valence-electron chi connectivity index (χ4n) is 0.837. The number of rotatable bonds is 2. The zero-order chi connectivity index (χ0) is 7.56. The molecule has 0 aliphatic heterocycles. The Balaban J connectivity index is 2.82. The lowest BCUT2D eigenvalue weighted by atomic mass is 10.1. The van der Waals surface area contributed by atoms with Crippen molar-refractivity contribution in [1.82, 2.24) is 15.0 Å². The Morgan fingerprint density at radius 2 is 2.50 bits per heavy atom. The van der Waals surface area contributed by atoms with Gasteiger partial charge in [0.1, 0.15) is 0 Å². The van der Waals surface area contributed by atoms with Crippen LogP contribution in [0.15, 0.2) is 6.20 Å². The quantitative estimate of drug-likeness (QED) is 0.626. The molecule has 0 bridgehead atoms. The first kappa shape index (κ1) is 7.21. The van der Waals surface area contributed by atoms with Crippen molar-refractivity contribution < 1.29 is 5.11 Å². The van der Waals surface area contributed by atoms with Gasteiger partial charge >= 0.3 is 0 Å². The van der Waals surface area contributed by atoms with E-state index in [1.54, 1.807) is 10.9 Å². The SMILES string of the molecule is CC(CO)c1cnnn1C. The van der Waals surface area contributed by atoms with Gasteiger partial charge in [-0.15, -0.1) is 5.10 Å². The summed E-state index contributed by atoms with van der Waals surface area (Å²) in [5.74, 6) is 0.125. The number of nitrogens with zero attached hydrogens (tertiary/aromatic N) is 3. The van der Waals surface area contributed by atoms with Crippen LogP contribution in [-0.4, -0.2) is 26.7 Å². The molecule has 4 nitrogen and oxygen atoms in total. The van der Waals surface area contributed by atoms with Crippen LogP contribution < -0.4 is 0 Å². The van der Waals surface area contributed by atoms with Crippen molar-refractivity contribution in [3.05, 3.63) is 11.9 Å². The first-order valence-electron chi connectivity index (χ1n) is 3.21. The third-order valence-corrected chi connectivity index (χ3v) is 1.53. The summed E-state index contributed by atoms with van der Waals surface area (Å²) in [5, 5.41) is 16.2. The standard InChI is InChI=1S/C6H11N3O/c1-5(4-10)6-3-7-8-9(6)2/h3,5,10H,4H2,1-2H3. The highest BCUT2D eigenvalue weighted by Crippen LogP contribution is 2.09. The van der Waals surface area contributed by atoms with Gasteiger partial charge in [-0.2, -0.15) is 0 Å². The van der Waals surface area contributed by atoms with E-state index < -0.39 is 0 Å². The van der Waals surface area contributed by atoms with Gasteiger partial charge in [-0.25, -0.2) is 0 Å². The lowest BCUT2D eigenvalue weighted by molar-refractivity contribution is 0.268. The topological polar surface area (TPSA) is 50.9 Å². The second-order valence-electron chi connectivity index (χ2n) is 2.37.